The van der Waals surface area contributed by atoms with Crippen molar-refractivity contribution >= 4 is 5.91 Å². The molecule has 4 heteroatoms. The van der Waals surface area contributed by atoms with Crippen LogP contribution in [-0.4, -0.2) is 37.4 Å². The quantitative estimate of drug-likeness (QED) is 0.680. The molecule has 1 saturated carbocycles. The second-order valence-corrected chi connectivity index (χ2v) is 4.56. The van der Waals surface area contributed by atoms with E-state index < -0.39 is 0 Å². The normalized spacial score (nSPS) is 26.9. The van der Waals surface area contributed by atoms with Crippen LogP contribution in [0.5, 0.6) is 0 Å². The lowest BCUT2D eigenvalue weighted by molar-refractivity contribution is -0.122. The fourth-order valence-electron chi connectivity index (χ4n) is 1.86. The molecular weight excluding hydrogens is 194 g/mol. The molecule has 0 spiro atoms. The van der Waals surface area contributed by atoms with Gasteiger partial charge in [-0.1, -0.05) is 6.92 Å². The van der Waals surface area contributed by atoms with Gasteiger partial charge in [-0.15, -0.1) is 0 Å². The average Bonchev–Trinajstić information content (AvgIpc) is 2.11. The van der Waals surface area contributed by atoms with Gasteiger partial charge in [0.1, 0.15) is 0 Å². The predicted octanol–water partition coefficient (Wildman–Crippen LogP) is 0.546. The van der Waals surface area contributed by atoms with E-state index in [-0.39, 0.29) is 17.9 Å². The Hall–Kier alpha value is -0.610. The molecule has 1 unspecified atom stereocenters. The SMILES string of the molecule is COCC(C)CC(=O)NCC1CC(O)C1. The molecule has 0 aliphatic heterocycles. The summed E-state index contributed by atoms with van der Waals surface area (Å²) < 4.78 is 4.96. The highest BCUT2D eigenvalue weighted by Gasteiger charge is 2.27. The Kier molecular flexibility index (Phi) is 5.05. The fourth-order valence-corrected chi connectivity index (χ4v) is 1.86. The minimum Gasteiger partial charge on any atom is -0.393 e. The van der Waals surface area contributed by atoms with Gasteiger partial charge in [-0.2, -0.15) is 0 Å². The third-order valence-electron chi connectivity index (χ3n) is 2.78. The van der Waals surface area contributed by atoms with Gasteiger partial charge in [-0.05, 0) is 24.7 Å². The largest absolute Gasteiger partial charge is 0.393 e. The number of aliphatic hydroxyl groups is 1. The first-order chi connectivity index (χ1) is 7.11. The van der Waals surface area contributed by atoms with Crippen LogP contribution < -0.4 is 5.32 Å². The summed E-state index contributed by atoms with van der Waals surface area (Å²) in [4.78, 5) is 11.4. The van der Waals surface area contributed by atoms with Crippen LogP contribution in [0.15, 0.2) is 0 Å². The number of ether oxygens (including phenoxy) is 1. The lowest BCUT2D eigenvalue weighted by Gasteiger charge is -2.31. The van der Waals surface area contributed by atoms with Crippen LogP contribution in [0.3, 0.4) is 0 Å². The van der Waals surface area contributed by atoms with Crippen molar-refractivity contribution in [2.45, 2.75) is 32.3 Å². The second kappa shape index (κ2) is 6.08. The Morgan fingerprint density at radius 1 is 1.60 bits per heavy atom. The lowest BCUT2D eigenvalue weighted by Crippen LogP contribution is -2.38. The molecule has 88 valence electrons. The third kappa shape index (κ3) is 4.62. The maximum absolute atomic E-state index is 11.4. The number of nitrogens with one attached hydrogen (secondary N) is 1. The molecule has 0 heterocycles. The number of methoxy groups -OCH3 is 1. The summed E-state index contributed by atoms with van der Waals surface area (Å²) in [5.74, 6) is 0.824. The molecule has 1 rings (SSSR count). The molecule has 15 heavy (non-hydrogen) atoms. The van der Waals surface area contributed by atoms with Crippen molar-refractivity contribution in [3.8, 4) is 0 Å². The molecule has 0 aromatic rings. The Balaban J connectivity index is 2.03. The maximum Gasteiger partial charge on any atom is 0.220 e. The van der Waals surface area contributed by atoms with E-state index in [4.69, 9.17) is 9.84 Å². The summed E-state index contributed by atoms with van der Waals surface area (Å²) in [5, 5.41) is 12.0. The van der Waals surface area contributed by atoms with Crippen LogP contribution in [0.4, 0.5) is 0 Å². The van der Waals surface area contributed by atoms with Gasteiger partial charge in [0.05, 0.1) is 6.10 Å². The molecule has 4 nitrogen and oxygen atoms in total. The Labute approximate surface area is 91.0 Å². The zero-order chi connectivity index (χ0) is 11.3. The van der Waals surface area contributed by atoms with E-state index in [9.17, 15) is 4.79 Å². The molecular formula is C11H21NO3. The topological polar surface area (TPSA) is 58.6 Å². The molecule has 0 aromatic carbocycles. The highest BCUT2D eigenvalue weighted by atomic mass is 16.5. The van der Waals surface area contributed by atoms with Gasteiger partial charge in [0.25, 0.3) is 0 Å². The number of hydrogen-bond donors (Lipinski definition) is 2. The Bertz CT molecular complexity index is 202. The molecule has 1 atom stereocenters. The maximum atomic E-state index is 11.4. The molecule has 1 amide bonds. The minimum atomic E-state index is -0.140. The summed E-state index contributed by atoms with van der Waals surface area (Å²) in [6, 6.07) is 0. The predicted molar refractivity (Wildman–Crippen MR) is 57.4 cm³/mol. The minimum absolute atomic E-state index is 0.0842. The molecule has 0 bridgehead atoms. The molecule has 0 radical (unpaired) electrons. The van der Waals surface area contributed by atoms with Gasteiger partial charge in [0, 0.05) is 26.7 Å². The number of hydrogen-bond acceptors (Lipinski definition) is 3. The lowest BCUT2D eigenvalue weighted by atomic mass is 9.82. The van der Waals surface area contributed by atoms with Crippen molar-refractivity contribution in [2.24, 2.45) is 11.8 Å². The number of aliphatic hydroxyl groups excluding tert-OH is 1. The van der Waals surface area contributed by atoms with Crippen molar-refractivity contribution in [3.63, 3.8) is 0 Å². The van der Waals surface area contributed by atoms with Crippen LogP contribution in [0, 0.1) is 11.8 Å². The highest BCUT2D eigenvalue weighted by Crippen LogP contribution is 2.26. The van der Waals surface area contributed by atoms with Crippen LogP contribution in [-0.2, 0) is 9.53 Å². The van der Waals surface area contributed by atoms with Gasteiger partial charge < -0.3 is 15.2 Å². The van der Waals surface area contributed by atoms with Crippen LogP contribution in [0.25, 0.3) is 0 Å². The number of rotatable bonds is 6. The van der Waals surface area contributed by atoms with Crippen molar-refractivity contribution in [2.75, 3.05) is 20.3 Å². The number of carbonyl (C=O) groups excluding carboxylic acids is 1. The molecule has 1 aliphatic carbocycles. The van der Waals surface area contributed by atoms with E-state index in [2.05, 4.69) is 5.32 Å². The van der Waals surface area contributed by atoms with Gasteiger partial charge >= 0.3 is 0 Å². The molecule has 0 saturated heterocycles. The average molecular weight is 215 g/mol. The van der Waals surface area contributed by atoms with Crippen molar-refractivity contribution < 1.29 is 14.6 Å². The molecule has 0 aromatic heterocycles. The zero-order valence-corrected chi connectivity index (χ0v) is 9.53. The fraction of sp³-hybridized carbons (Fsp3) is 0.909. The van der Waals surface area contributed by atoms with Gasteiger partial charge in [0.2, 0.25) is 5.91 Å². The van der Waals surface area contributed by atoms with E-state index in [0.29, 0.717) is 25.5 Å². The monoisotopic (exact) mass is 215 g/mol. The van der Waals surface area contributed by atoms with Gasteiger partial charge in [-0.25, -0.2) is 0 Å². The first-order valence-electron chi connectivity index (χ1n) is 5.55. The van der Waals surface area contributed by atoms with Gasteiger partial charge in [-0.3, -0.25) is 4.79 Å². The van der Waals surface area contributed by atoms with E-state index in [1.807, 2.05) is 6.92 Å². The van der Waals surface area contributed by atoms with Crippen molar-refractivity contribution in [1.29, 1.82) is 0 Å². The number of carbonyl (C=O) groups is 1. The van der Waals surface area contributed by atoms with E-state index in [1.165, 1.54) is 0 Å². The van der Waals surface area contributed by atoms with E-state index >= 15 is 0 Å². The smallest absolute Gasteiger partial charge is 0.220 e. The van der Waals surface area contributed by atoms with Crippen LogP contribution in [0.2, 0.25) is 0 Å². The Morgan fingerprint density at radius 2 is 2.27 bits per heavy atom. The zero-order valence-electron chi connectivity index (χ0n) is 9.53. The van der Waals surface area contributed by atoms with Crippen molar-refractivity contribution in [1.82, 2.24) is 5.32 Å². The third-order valence-corrected chi connectivity index (χ3v) is 2.78. The van der Waals surface area contributed by atoms with Crippen molar-refractivity contribution in [3.05, 3.63) is 0 Å². The van der Waals surface area contributed by atoms with Crippen LogP contribution >= 0.6 is 0 Å². The standard InChI is InChI=1S/C11H21NO3/c1-8(7-15-2)3-11(14)12-6-9-4-10(13)5-9/h8-10,13H,3-7H2,1-2H3,(H,12,14). The first-order valence-corrected chi connectivity index (χ1v) is 5.55. The van der Waals surface area contributed by atoms with Gasteiger partial charge in [0.15, 0.2) is 0 Å². The van der Waals surface area contributed by atoms with E-state index in [0.717, 1.165) is 12.8 Å². The van der Waals surface area contributed by atoms with E-state index in [1.54, 1.807) is 7.11 Å². The summed E-state index contributed by atoms with van der Waals surface area (Å²) >= 11 is 0. The summed E-state index contributed by atoms with van der Waals surface area (Å²) in [6.07, 6.45) is 2.03. The second-order valence-electron chi connectivity index (χ2n) is 4.56. The molecule has 1 fully saturated rings. The highest BCUT2D eigenvalue weighted by molar-refractivity contribution is 5.76. The number of amides is 1. The summed E-state index contributed by atoms with van der Waals surface area (Å²) in [6.45, 7) is 3.32. The Morgan fingerprint density at radius 3 is 2.80 bits per heavy atom. The molecule has 2 N–H and O–H groups in total. The summed E-state index contributed by atoms with van der Waals surface area (Å²) in [5.41, 5.74) is 0. The first kappa shape index (κ1) is 12.5. The van der Waals surface area contributed by atoms with Crippen LogP contribution in [0.1, 0.15) is 26.2 Å². The molecule has 1 aliphatic rings. The summed E-state index contributed by atoms with van der Waals surface area (Å²) in [7, 11) is 1.64.